The summed E-state index contributed by atoms with van der Waals surface area (Å²) in [5, 5.41) is 12.9. The predicted molar refractivity (Wildman–Crippen MR) is 89.4 cm³/mol. The summed E-state index contributed by atoms with van der Waals surface area (Å²) in [5.74, 6) is -0.180. The summed E-state index contributed by atoms with van der Waals surface area (Å²) >= 11 is 0. The van der Waals surface area contributed by atoms with Gasteiger partial charge in [0.05, 0.1) is 6.10 Å². The van der Waals surface area contributed by atoms with E-state index in [9.17, 15) is 14.7 Å². The Hall–Kier alpha value is -2.18. The molecule has 2 aromatic rings. The lowest BCUT2D eigenvalue weighted by molar-refractivity contribution is -0.114. The Balaban J connectivity index is 2.29. The SMILES string of the molecule is CC(=O)Nc1ccc2c(CN(C)CCC(C)O)cc(=O)oc2c1. The van der Waals surface area contributed by atoms with E-state index in [1.54, 1.807) is 19.1 Å². The van der Waals surface area contributed by atoms with Gasteiger partial charge >= 0.3 is 5.63 Å². The van der Waals surface area contributed by atoms with Gasteiger partial charge in [-0.05, 0) is 38.1 Å². The van der Waals surface area contributed by atoms with E-state index in [4.69, 9.17) is 4.42 Å². The minimum atomic E-state index is -0.420. The van der Waals surface area contributed by atoms with Gasteiger partial charge in [0.2, 0.25) is 5.91 Å². The standard InChI is InChI=1S/C17H22N2O4/c1-11(20)6-7-19(3)10-13-8-17(22)23-16-9-14(18-12(2)21)4-5-15(13)16/h4-5,8-9,11,20H,6-7,10H2,1-3H3,(H,18,21). The highest BCUT2D eigenvalue weighted by atomic mass is 16.4. The number of hydrogen-bond donors (Lipinski definition) is 2. The molecule has 1 heterocycles. The van der Waals surface area contributed by atoms with Crippen molar-refractivity contribution in [3.8, 4) is 0 Å². The minimum absolute atomic E-state index is 0.180. The number of amides is 1. The number of aliphatic hydroxyl groups is 1. The summed E-state index contributed by atoms with van der Waals surface area (Å²) in [6.45, 7) is 4.48. The second-order valence-corrected chi connectivity index (χ2v) is 5.86. The van der Waals surface area contributed by atoms with Crippen LogP contribution in [0.5, 0.6) is 0 Å². The van der Waals surface area contributed by atoms with Gasteiger partial charge in [-0.1, -0.05) is 0 Å². The Labute approximate surface area is 134 Å². The molecule has 23 heavy (non-hydrogen) atoms. The Kier molecular flexibility index (Phi) is 5.52. The van der Waals surface area contributed by atoms with Gasteiger partial charge in [-0.3, -0.25) is 4.79 Å². The number of anilines is 1. The maximum absolute atomic E-state index is 11.8. The molecule has 0 aliphatic carbocycles. The van der Waals surface area contributed by atoms with Crippen LogP contribution in [0.15, 0.2) is 33.5 Å². The summed E-state index contributed by atoms with van der Waals surface area (Å²) in [6, 6.07) is 6.75. The van der Waals surface area contributed by atoms with Gasteiger partial charge in [0.1, 0.15) is 5.58 Å². The van der Waals surface area contributed by atoms with Crippen LogP contribution in [0.2, 0.25) is 0 Å². The Morgan fingerprint density at radius 1 is 1.39 bits per heavy atom. The topological polar surface area (TPSA) is 82.8 Å². The van der Waals surface area contributed by atoms with Crippen LogP contribution < -0.4 is 10.9 Å². The molecular weight excluding hydrogens is 296 g/mol. The molecule has 1 unspecified atom stereocenters. The molecule has 6 nitrogen and oxygen atoms in total. The smallest absolute Gasteiger partial charge is 0.336 e. The molecule has 6 heteroatoms. The third-order valence-electron chi connectivity index (χ3n) is 3.52. The lowest BCUT2D eigenvalue weighted by atomic mass is 10.1. The first-order valence-electron chi connectivity index (χ1n) is 7.56. The van der Waals surface area contributed by atoms with Crippen LogP contribution in [0.4, 0.5) is 5.69 Å². The van der Waals surface area contributed by atoms with Gasteiger partial charge in [0.15, 0.2) is 0 Å². The van der Waals surface area contributed by atoms with E-state index in [1.165, 1.54) is 13.0 Å². The van der Waals surface area contributed by atoms with Crippen molar-refractivity contribution in [2.75, 3.05) is 18.9 Å². The number of nitrogens with zero attached hydrogens (tertiary/aromatic N) is 1. The van der Waals surface area contributed by atoms with Crippen LogP contribution in [0.3, 0.4) is 0 Å². The molecule has 0 aliphatic rings. The summed E-state index contributed by atoms with van der Waals surface area (Å²) in [7, 11) is 1.94. The highest BCUT2D eigenvalue weighted by molar-refractivity contribution is 5.92. The number of fused-ring (bicyclic) bond motifs is 1. The zero-order valence-corrected chi connectivity index (χ0v) is 13.6. The predicted octanol–water partition coefficient (Wildman–Crippen LogP) is 1.95. The summed E-state index contributed by atoms with van der Waals surface area (Å²) in [5.41, 5.74) is 1.48. The molecule has 0 fully saturated rings. The van der Waals surface area contributed by atoms with Gasteiger partial charge in [-0.2, -0.15) is 0 Å². The average Bonchev–Trinajstić information content (AvgIpc) is 2.43. The monoisotopic (exact) mass is 318 g/mol. The van der Waals surface area contributed by atoms with Crippen LogP contribution in [-0.4, -0.2) is 35.6 Å². The second-order valence-electron chi connectivity index (χ2n) is 5.86. The number of benzene rings is 1. The highest BCUT2D eigenvalue weighted by Crippen LogP contribution is 2.22. The van der Waals surface area contributed by atoms with Crippen molar-refractivity contribution in [2.24, 2.45) is 0 Å². The van der Waals surface area contributed by atoms with E-state index in [-0.39, 0.29) is 12.0 Å². The third-order valence-corrected chi connectivity index (χ3v) is 3.52. The van der Waals surface area contributed by atoms with Crippen molar-refractivity contribution in [2.45, 2.75) is 32.9 Å². The van der Waals surface area contributed by atoms with Crippen LogP contribution in [-0.2, 0) is 11.3 Å². The molecule has 2 rings (SSSR count). The van der Waals surface area contributed by atoms with Crippen molar-refractivity contribution in [1.29, 1.82) is 0 Å². The lowest BCUT2D eigenvalue weighted by Crippen LogP contribution is -2.22. The van der Waals surface area contributed by atoms with Crippen molar-refractivity contribution in [1.82, 2.24) is 4.90 Å². The maximum atomic E-state index is 11.8. The number of carbonyl (C=O) groups is 1. The van der Waals surface area contributed by atoms with E-state index < -0.39 is 5.63 Å². The van der Waals surface area contributed by atoms with Crippen LogP contribution in [0.25, 0.3) is 11.0 Å². The van der Waals surface area contributed by atoms with Gasteiger partial charge in [0, 0.05) is 43.2 Å². The van der Waals surface area contributed by atoms with E-state index in [0.29, 0.717) is 24.2 Å². The van der Waals surface area contributed by atoms with Crippen molar-refractivity contribution in [3.63, 3.8) is 0 Å². The molecule has 124 valence electrons. The first-order chi connectivity index (χ1) is 10.8. The lowest BCUT2D eigenvalue weighted by Gasteiger charge is -2.18. The molecule has 0 saturated carbocycles. The molecule has 0 bridgehead atoms. The van der Waals surface area contributed by atoms with Crippen molar-refractivity contribution < 1.29 is 14.3 Å². The number of aliphatic hydroxyl groups excluding tert-OH is 1. The Morgan fingerprint density at radius 3 is 2.78 bits per heavy atom. The Morgan fingerprint density at radius 2 is 2.13 bits per heavy atom. The molecule has 1 aromatic heterocycles. The average molecular weight is 318 g/mol. The fraction of sp³-hybridized carbons (Fsp3) is 0.412. The first kappa shape index (κ1) is 17.2. The molecule has 0 aliphatic heterocycles. The Bertz CT molecular complexity index is 752. The fourth-order valence-electron chi connectivity index (χ4n) is 2.42. The number of rotatable bonds is 6. The fourth-order valence-corrected chi connectivity index (χ4v) is 2.42. The van der Waals surface area contributed by atoms with E-state index >= 15 is 0 Å². The molecule has 0 radical (unpaired) electrons. The van der Waals surface area contributed by atoms with Crippen LogP contribution in [0.1, 0.15) is 25.8 Å². The largest absolute Gasteiger partial charge is 0.423 e. The van der Waals surface area contributed by atoms with Gasteiger partial charge in [-0.15, -0.1) is 0 Å². The minimum Gasteiger partial charge on any atom is -0.423 e. The van der Waals surface area contributed by atoms with E-state index in [0.717, 1.165) is 17.5 Å². The van der Waals surface area contributed by atoms with Crippen LogP contribution in [0, 0.1) is 0 Å². The highest BCUT2D eigenvalue weighted by Gasteiger charge is 2.10. The molecule has 2 N–H and O–H groups in total. The van der Waals surface area contributed by atoms with Crippen LogP contribution >= 0.6 is 0 Å². The molecular formula is C17H22N2O4. The molecule has 1 amide bonds. The quantitative estimate of drug-likeness (QED) is 0.796. The third kappa shape index (κ3) is 4.91. The summed E-state index contributed by atoms with van der Waals surface area (Å²) < 4.78 is 5.24. The maximum Gasteiger partial charge on any atom is 0.336 e. The molecule has 1 atom stereocenters. The normalized spacial score (nSPS) is 12.6. The molecule has 0 spiro atoms. The number of carbonyl (C=O) groups excluding carboxylic acids is 1. The number of hydrogen-bond acceptors (Lipinski definition) is 5. The zero-order chi connectivity index (χ0) is 17.0. The van der Waals surface area contributed by atoms with Gasteiger partial charge in [0.25, 0.3) is 0 Å². The van der Waals surface area contributed by atoms with Gasteiger partial charge in [-0.25, -0.2) is 4.79 Å². The number of nitrogens with one attached hydrogen (secondary N) is 1. The summed E-state index contributed by atoms with van der Waals surface area (Å²) in [6.07, 6.45) is 0.318. The van der Waals surface area contributed by atoms with Gasteiger partial charge < -0.3 is 19.7 Å². The summed E-state index contributed by atoms with van der Waals surface area (Å²) in [4.78, 5) is 24.9. The van der Waals surface area contributed by atoms with E-state index in [2.05, 4.69) is 5.32 Å². The molecule has 0 saturated heterocycles. The zero-order valence-electron chi connectivity index (χ0n) is 13.6. The second kappa shape index (κ2) is 7.39. The van der Waals surface area contributed by atoms with E-state index in [1.807, 2.05) is 18.0 Å². The van der Waals surface area contributed by atoms with Crippen molar-refractivity contribution in [3.05, 3.63) is 40.2 Å². The van der Waals surface area contributed by atoms with Crippen molar-refractivity contribution >= 4 is 22.6 Å². The molecule has 1 aromatic carbocycles. The first-order valence-corrected chi connectivity index (χ1v) is 7.56.